The molecule has 10 heteroatoms. The van der Waals surface area contributed by atoms with Gasteiger partial charge in [-0.25, -0.2) is 13.4 Å². The Morgan fingerprint density at radius 3 is 2.29 bits per heavy atom. The standard InChI is InChI=1S/C18H17ClF3N3O2S/c19-16-12-15(18(20,21)22)13-23-17(16)24-7-9-25(10-8-24)28(26,27)11-6-14-4-2-1-3-5-14/h1-6,11-13H,7-10H2. The summed E-state index contributed by atoms with van der Waals surface area (Å²) in [6.07, 6.45) is -2.27. The number of pyridine rings is 1. The molecule has 28 heavy (non-hydrogen) atoms. The van der Waals surface area contributed by atoms with Crippen LogP contribution in [0, 0.1) is 0 Å². The van der Waals surface area contributed by atoms with Crippen LogP contribution in [0.1, 0.15) is 11.1 Å². The van der Waals surface area contributed by atoms with Gasteiger partial charge in [0.15, 0.2) is 0 Å². The van der Waals surface area contributed by atoms with Crippen molar-refractivity contribution in [1.29, 1.82) is 0 Å². The highest BCUT2D eigenvalue weighted by Crippen LogP contribution is 2.33. The summed E-state index contributed by atoms with van der Waals surface area (Å²) in [6, 6.07) is 9.88. The largest absolute Gasteiger partial charge is 0.417 e. The predicted octanol–water partition coefficient (Wildman–Crippen LogP) is 3.88. The Bertz CT molecular complexity index is 958. The molecule has 2 heterocycles. The van der Waals surface area contributed by atoms with Crippen molar-refractivity contribution < 1.29 is 21.6 Å². The Morgan fingerprint density at radius 1 is 1.07 bits per heavy atom. The minimum absolute atomic E-state index is 0.116. The summed E-state index contributed by atoms with van der Waals surface area (Å²) in [5.74, 6) is 0.214. The molecular formula is C18H17ClF3N3O2S. The number of sulfonamides is 1. The van der Waals surface area contributed by atoms with Crippen LogP contribution in [0.15, 0.2) is 48.0 Å². The summed E-state index contributed by atoms with van der Waals surface area (Å²) in [6.45, 7) is 0.911. The molecule has 0 bridgehead atoms. The highest BCUT2D eigenvalue weighted by molar-refractivity contribution is 7.92. The van der Waals surface area contributed by atoms with E-state index in [0.717, 1.165) is 23.2 Å². The van der Waals surface area contributed by atoms with Gasteiger partial charge in [-0.15, -0.1) is 0 Å². The zero-order chi connectivity index (χ0) is 20.4. The maximum atomic E-state index is 12.7. The van der Waals surface area contributed by atoms with E-state index in [2.05, 4.69) is 4.98 Å². The van der Waals surface area contributed by atoms with Gasteiger partial charge < -0.3 is 4.90 Å². The lowest BCUT2D eigenvalue weighted by Gasteiger charge is -2.34. The van der Waals surface area contributed by atoms with Gasteiger partial charge in [-0.3, -0.25) is 0 Å². The zero-order valence-corrected chi connectivity index (χ0v) is 16.2. The predicted molar refractivity (Wildman–Crippen MR) is 102 cm³/mol. The third-order valence-electron chi connectivity index (χ3n) is 4.28. The van der Waals surface area contributed by atoms with Crippen molar-refractivity contribution in [1.82, 2.24) is 9.29 Å². The monoisotopic (exact) mass is 431 g/mol. The number of anilines is 1. The van der Waals surface area contributed by atoms with Crippen LogP contribution in [0.4, 0.5) is 19.0 Å². The molecule has 1 aliphatic rings. The molecule has 0 spiro atoms. The number of alkyl halides is 3. The molecule has 0 amide bonds. The molecule has 150 valence electrons. The minimum atomic E-state index is -4.52. The Morgan fingerprint density at radius 2 is 1.71 bits per heavy atom. The molecule has 1 saturated heterocycles. The Kier molecular flexibility index (Phi) is 5.97. The van der Waals surface area contributed by atoms with Crippen LogP contribution in [0.2, 0.25) is 5.02 Å². The Balaban J connectivity index is 1.66. The second-order valence-electron chi connectivity index (χ2n) is 6.17. The van der Waals surface area contributed by atoms with E-state index >= 15 is 0 Å². The molecule has 3 rings (SSSR count). The average molecular weight is 432 g/mol. The lowest BCUT2D eigenvalue weighted by Crippen LogP contribution is -2.48. The number of benzene rings is 1. The molecule has 1 aliphatic heterocycles. The highest BCUT2D eigenvalue weighted by Gasteiger charge is 2.33. The third kappa shape index (κ3) is 4.84. The van der Waals surface area contributed by atoms with Crippen LogP contribution >= 0.6 is 11.6 Å². The van der Waals surface area contributed by atoms with E-state index in [0.29, 0.717) is 0 Å². The van der Waals surface area contributed by atoms with Crippen molar-refractivity contribution in [2.45, 2.75) is 6.18 Å². The van der Waals surface area contributed by atoms with E-state index in [1.54, 1.807) is 17.0 Å². The van der Waals surface area contributed by atoms with Gasteiger partial charge in [-0.2, -0.15) is 17.5 Å². The van der Waals surface area contributed by atoms with Crippen molar-refractivity contribution in [3.63, 3.8) is 0 Å². The molecule has 5 nitrogen and oxygen atoms in total. The van der Waals surface area contributed by atoms with Crippen LogP contribution < -0.4 is 4.90 Å². The van der Waals surface area contributed by atoms with Crippen LogP contribution in [0.3, 0.4) is 0 Å². The highest BCUT2D eigenvalue weighted by atomic mass is 35.5. The first kappa shape index (κ1) is 20.6. The molecule has 1 fully saturated rings. The molecule has 0 aliphatic carbocycles. The van der Waals surface area contributed by atoms with Crippen molar-refractivity contribution in [3.05, 3.63) is 64.2 Å². The summed E-state index contributed by atoms with van der Waals surface area (Å²) >= 11 is 5.97. The van der Waals surface area contributed by atoms with E-state index < -0.39 is 21.8 Å². The fourth-order valence-corrected chi connectivity index (χ4v) is 4.25. The molecule has 1 aromatic heterocycles. The second-order valence-corrected chi connectivity index (χ2v) is 8.40. The number of rotatable bonds is 4. The molecule has 0 radical (unpaired) electrons. The van der Waals surface area contributed by atoms with Crippen molar-refractivity contribution >= 4 is 33.5 Å². The van der Waals surface area contributed by atoms with Gasteiger partial charge >= 0.3 is 6.18 Å². The van der Waals surface area contributed by atoms with Crippen molar-refractivity contribution in [2.24, 2.45) is 0 Å². The van der Waals surface area contributed by atoms with Crippen LogP contribution in [0.5, 0.6) is 0 Å². The molecule has 0 saturated carbocycles. The van der Waals surface area contributed by atoms with Gasteiger partial charge in [0, 0.05) is 37.8 Å². The van der Waals surface area contributed by atoms with Crippen LogP contribution in [-0.4, -0.2) is 43.9 Å². The average Bonchev–Trinajstić information content (AvgIpc) is 2.67. The first-order valence-electron chi connectivity index (χ1n) is 8.38. The number of aromatic nitrogens is 1. The molecule has 0 atom stereocenters. The van der Waals surface area contributed by atoms with Crippen LogP contribution in [0.25, 0.3) is 6.08 Å². The fourth-order valence-electron chi connectivity index (χ4n) is 2.79. The minimum Gasteiger partial charge on any atom is -0.353 e. The quantitative estimate of drug-likeness (QED) is 0.737. The van der Waals surface area contributed by atoms with E-state index in [1.165, 1.54) is 10.4 Å². The smallest absolute Gasteiger partial charge is 0.353 e. The molecule has 1 aromatic carbocycles. The third-order valence-corrected chi connectivity index (χ3v) is 6.12. The molecule has 2 aromatic rings. The SMILES string of the molecule is O=S(=O)(C=Cc1ccccc1)N1CCN(c2ncc(C(F)(F)F)cc2Cl)CC1. The van der Waals surface area contributed by atoms with Crippen molar-refractivity contribution in [3.8, 4) is 0 Å². The first-order valence-corrected chi connectivity index (χ1v) is 10.3. The van der Waals surface area contributed by atoms with Gasteiger partial charge in [-0.1, -0.05) is 41.9 Å². The summed E-state index contributed by atoms with van der Waals surface area (Å²) in [5.41, 5.74) is -0.154. The van der Waals surface area contributed by atoms with Gasteiger partial charge in [0.25, 0.3) is 0 Å². The number of hydrogen-bond donors (Lipinski definition) is 0. The van der Waals surface area contributed by atoms with Crippen LogP contribution in [-0.2, 0) is 16.2 Å². The Labute approximate surface area is 166 Å². The van der Waals surface area contributed by atoms with Gasteiger partial charge in [0.2, 0.25) is 10.0 Å². The molecule has 0 N–H and O–H groups in total. The topological polar surface area (TPSA) is 53.5 Å². The summed E-state index contributed by atoms with van der Waals surface area (Å²) in [4.78, 5) is 5.50. The summed E-state index contributed by atoms with van der Waals surface area (Å²) < 4.78 is 64.5. The lowest BCUT2D eigenvalue weighted by atomic mass is 10.2. The van der Waals surface area contributed by atoms with Gasteiger partial charge in [-0.05, 0) is 17.7 Å². The van der Waals surface area contributed by atoms with Gasteiger partial charge in [0.05, 0.1) is 10.6 Å². The van der Waals surface area contributed by atoms with E-state index in [4.69, 9.17) is 11.6 Å². The number of hydrogen-bond acceptors (Lipinski definition) is 4. The second kappa shape index (κ2) is 8.10. The first-order chi connectivity index (χ1) is 13.2. The summed E-state index contributed by atoms with van der Waals surface area (Å²) in [5, 5.41) is 1.04. The number of halogens is 4. The maximum absolute atomic E-state index is 12.7. The van der Waals surface area contributed by atoms with E-state index in [9.17, 15) is 21.6 Å². The normalized spacial score (nSPS) is 16.6. The molecular weight excluding hydrogens is 415 g/mol. The van der Waals surface area contributed by atoms with E-state index in [1.807, 2.05) is 18.2 Å². The van der Waals surface area contributed by atoms with Gasteiger partial charge in [0.1, 0.15) is 5.82 Å². The zero-order valence-electron chi connectivity index (χ0n) is 14.6. The lowest BCUT2D eigenvalue weighted by molar-refractivity contribution is -0.137. The maximum Gasteiger partial charge on any atom is 0.417 e. The fraction of sp³-hybridized carbons (Fsp3) is 0.278. The number of piperazine rings is 1. The summed E-state index contributed by atoms with van der Waals surface area (Å²) in [7, 11) is -3.60. The van der Waals surface area contributed by atoms with E-state index in [-0.39, 0.29) is 37.0 Å². The Hall–Kier alpha value is -2.10. The number of nitrogens with zero attached hydrogens (tertiary/aromatic N) is 3. The van der Waals surface area contributed by atoms with Crippen molar-refractivity contribution in [2.75, 3.05) is 31.1 Å². The molecule has 0 unspecified atom stereocenters.